The number of hydrogen-bond donors (Lipinski definition) is 0. The van der Waals surface area contributed by atoms with Crippen LogP contribution in [0.3, 0.4) is 0 Å². The lowest BCUT2D eigenvalue weighted by atomic mass is 9.67. The molecule has 35 heavy (non-hydrogen) atoms. The number of carbonyl (C=O) groups is 1. The molecule has 1 spiro atoms. The second-order valence-corrected chi connectivity index (χ2v) is 11.0. The highest BCUT2D eigenvalue weighted by molar-refractivity contribution is 9.10. The molecule has 5 nitrogen and oxygen atoms in total. The lowest BCUT2D eigenvalue weighted by Crippen LogP contribution is -2.67. The Morgan fingerprint density at radius 1 is 1.00 bits per heavy atom. The molecule has 0 unspecified atom stereocenters. The molecular weight excluding hydrogens is 524 g/mol. The Bertz CT molecular complexity index is 1360. The molecule has 0 aliphatic carbocycles. The minimum Gasteiger partial charge on any atom is -0.368 e. The van der Waals surface area contributed by atoms with Crippen LogP contribution in [0.5, 0.6) is 0 Å². The number of carbonyl (C=O) groups excluding carboxylic acids is 1. The Morgan fingerprint density at radius 2 is 1.80 bits per heavy atom. The molecule has 0 N–H and O–H groups in total. The number of benzene rings is 3. The average molecular weight is 550 g/mol. The summed E-state index contributed by atoms with van der Waals surface area (Å²) in [6.07, 6.45) is 0.628. The normalized spacial score (nSPS) is 23.4. The van der Waals surface area contributed by atoms with Crippen LogP contribution in [0.15, 0.2) is 76.3 Å². The Kier molecular flexibility index (Phi) is 5.42. The van der Waals surface area contributed by atoms with Gasteiger partial charge in [0.05, 0.1) is 17.4 Å². The van der Waals surface area contributed by atoms with Gasteiger partial charge in [0.1, 0.15) is 5.41 Å². The van der Waals surface area contributed by atoms with Gasteiger partial charge in [0, 0.05) is 40.5 Å². The largest absolute Gasteiger partial charge is 0.368 e. The molecule has 2 atom stereocenters. The van der Waals surface area contributed by atoms with Crippen LogP contribution in [0, 0.1) is 12.3 Å². The maximum atomic E-state index is 14.4. The number of nitrogens with zero attached hydrogens (tertiary/aromatic N) is 4. The number of hydrazone groups is 1. The third kappa shape index (κ3) is 3.57. The minimum atomic E-state index is -0.740. The first kappa shape index (κ1) is 22.6. The van der Waals surface area contributed by atoms with E-state index in [9.17, 15) is 4.79 Å². The van der Waals surface area contributed by atoms with E-state index in [4.69, 9.17) is 16.7 Å². The van der Waals surface area contributed by atoms with Gasteiger partial charge in [-0.2, -0.15) is 10.1 Å². The average Bonchev–Trinajstić information content (AvgIpc) is 3.09. The topological polar surface area (TPSA) is 39.2 Å². The molecule has 178 valence electrons. The third-order valence-corrected chi connectivity index (χ3v) is 8.42. The van der Waals surface area contributed by atoms with E-state index in [1.807, 2.05) is 56.3 Å². The molecule has 3 heterocycles. The number of halogens is 2. The number of anilines is 3. The fraction of sp³-hybridized carbons (Fsp3) is 0.286. The molecule has 6 rings (SSSR count). The number of amides is 1. The Hall–Kier alpha value is -2.83. The van der Waals surface area contributed by atoms with Gasteiger partial charge in [0.2, 0.25) is 0 Å². The van der Waals surface area contributed by atoms with Gasteiger partial charge in [0.15, 0.2) is 0 Å². The summed E-state index contributed by atoms with van der Waals surface area (Å²) in [5, 5.41) is 7.21. The summed E-state index contributed by atoms with van der Waals surface area (Å²) in [5.41, 5.74) is 5.58. The van der Waals surface area contributed by atoms with Gasteiger partial charge >= 0.3 is 0 Å². The third-order valence-electron chi connectivity index (χ3n) is 7.69. The zero-order chi connectivity index (χ0) is 24.3. The van der Waals surface area contributed by atoms with Gasteiger partial charge in [-0.25, -0.2) is 0 Å². The van der Waals surface area contributed by atoms with E-state index < -0.39 is 5.41 Å². The predicted molar refractivity (Wildman–Crippen MR) is 147 cm³/mol. The first-order valence-electron chi connectivity index (χ1n) is 11.9. The lowest BCUT2D eigenvalue weighted by molar-refractivity contribution is -0.125. The molecule has 1 saturated heterocycles. The molecule has 3 aromatic carbocycles. The molecule has 3 aliphatic rings. The monoisotopic (exact) mass is 548 g/mol. The summed E-state index contributed by atoms with van der Waals surface area (Å²) in [7, 11) is 0. The molecular formula is C28H26BrClN4O. The van der Waals surface area contributed by atoms with Crippen molar-refractivity contribution in [2.75, 3.05) is 34.4 Å². The number of fused-ring (bicyclic) bond motifs is 4. The molecule has 0 aromatic heterocycles. The van der Waals surface area contributed by atoms with E-state index in [2.05, 4.69) is 50.0 Å². The van der Waals surface area contributed by atoms with Crippen LogP contribution in [-0.2, 0) is 11.2 Å². The highest BCUT2D eigenvalue weighted by atomic mass is 79.9. The maximum Gasteiger partial charge on any atom is 0.261 e. The van der Waals surface area contributed by atoms with Crippen molar-refractivity contribution in [3.8, 4) is 0 Å². The molecule has 0 radical (unpaired) electrons. The van der Waals surface area contributed by atoms with Gasteiger partial charge in [0.25, 0.3) is 5.91 Å². The van der Waals surface area contributed by atoms with Crippen molar-refractivity contribution in [2.45, 2.75) is 26.3 Å². The number of aryl methyl sites for hydroxylation is 1. The maximum absolute atomic E-state index is 14.4. The van der Waals surface area contributed by atoms with Crippen molar-refractivity contribution < 1.29 is 4.79 Å². The predicted octanol–water partition coefficient (Wildman–Crippen LogP) is 6.07. The smallest absolute Gasteiger partial charge is 0.261 e. The first-order valence-corrected chi connectivity index (χ1v) is 13.1. The highest BCUT2D eigenvalue weighted by Crippen LogP contribution is 2.49. The van der Waals surface area contributed by atoms with Gasteiger partial charge < -0.3 is 9.80 Å². The molecule has 1 amide bonds. The number of piperazine rings is 1. The van der Waals surface area contributed by atoms with E-state index in [0.29, 0.717) is 6.42 Å². The fourth-order valence-electron chi connectivity index (χ4n) is 5.87. The van der Waals surface area contributed by atoms with Crippen LogP contribution >= 0.6 is 27.5 Å². The fourth-order valence-corrected chi connectivity index (χ4v) is 6.46. The molecule has 3 aliphatic heterocycles. The van der Waals surface area contributed by atoms with Gasteiger partial charge in [-0.05, 0) is 74.4 Å². The van der Waals surface area contributed by atoms with Crippen molar-refractivity contribution in [2.24, 2.45) is 10.5 Å². The molecule has 7 heteroatoms. The molecule has 0 bridgehead atoms. The van der Waals surface area contributed by atoms with Crippen LogP contribution in [0.4, 0.5) is 17.1 Å². The number of rotatable bonds is 2. The van der Waals surface area contributed by atoms with E-state index >= 15 is 0 Å². The summed E-state index contributed by atoms with van der Waals surface area (Å²) in [4.78, 5) is 19.1. The van der Waals surface area contributed by atoms with Crippen molar-refractivity contribution >= 4 is 56.2 Å². The van der Waals surface area contributed by atoms with Crippen LogP contribution in [0.2, 0.25) is 5.02 Å². The SMILES string of the molecule is CC1=NN(c2ccc(C)cc2)C(=O)[C@@]12Cc1cc(Br)ccc1N1CCN(c3cccc(Cl)c3)C[C@@H]12. The van der Waals surface area contributed by atoms with Crippen molar-refractivity contribution in [3.63, 3.8) is 0 Å². The quantitative estimate of drug-likeness (QED) is 0.389. The molecule has 1 fully saturated rings. The van der Waals surface area contributed by atoms with E-state index in [1.54, 1.807) is 5.01 Å². The van der Waals surface area contributed by atoms with E-state index in [0.717, 1.165) is 51.8 Å². The second kappa shape index (κ2) is 8.38. The summed E-state index contributed by atoms with van der Waals surface area (Å²) >= 11 is 9.97. The summed E-state index contributed by atoms with van der Waals surface area (Å²) < 4.78 is 1.03. The van der Waals surface area contributed by atoms with Crippen LogP contribution in [0.25, 0.3) is 0 Å². The molecule has 3 aromatic rings. The van der Waals surface area contributed by atoms with Gasteiger partial charge in [-0.3, -0.25) is 4.79 Å². The summed E-state index contributed by atoms with van der Waals surface area (Å²) in [6, 6.07) is 22.4. The van der Waals surface area contributed by atoms with Gasteiger partial charge in [-0.1, -0.05) is 51.3 Å². The van der Waals surface area contributed by atoms with Crippen molar-refractivity contribution in [1.82, 2.24) is 0 Å². The van der Waals surface area contributed by atoms with Crippen LogP contribution in [-0.4, -0.2) is 37.3 Å². The van der Waals surface area contributed by atoms with Crippen LogP contribution < -0.4 is 14.8 Å². The second-order valence-electron chi connectivity index (χ2n) is 9.69. The van der Waals surface area contributed by atoms with Crippen molar-refractivity contribution in [3.05, 3.63) is 87.4 Å². The Labute approximate surface area is 219 Å². The van der Waals surface area contributed by atoms with Gasteiger partial charge in [-0.15, -0.1) is 0 Å². The first-order chi connectivity index (χ1) is 16.9. The zero-order valence-electron chi connectivity index (χ0n) is 19.7. The molecule has 0 saturated carbocycles. The Balaban J connectivity index is 1.46. The van der Waals surface area contributed by atoms with E-state index in [-0.39, 0.29) is 11.9 Å². The zero-order valence-corrected chi connectivity index (χ0v) is 22.1. The summed E-state index contributed by atoms with van der Waals surface area (Å²) in [5.74, 6) is 0.0485. The van der Waals surface area contributed by atoms with Crippen molar-refractivity contribution in [1.29, 1.82) is 0 Å². The highest BCUT2D eigenvalue weighted by Gasteiger charge is 2.60. The number of hydrogen-bond acceptors (Lipinski definition) is 4. The standard InChI is InChI=1S/C28H26BrClN4O/c1-18-6-9-23(10-7-18)34-27(35)28(19(2)31-34)16-20-14-21(29)8-11-25(20)33-13-12-32(17-26(28)33)24-5-3-4-22(30)15-24/h3-11,14-15,26H,12-13,16-17H2,1-2H3/t26-,28+/m1/s1. The van der Waals surface area contributed by atoms with Crippen LogP contribution in [0.1, 0.15) is 18.1 Å². The minimum absolute atomic E-state index is 0.0457. The van der Waals surface area contributed by atoms with E-state index in [1.165, 1.54) is 11.3 Å². The lowest BCUT2D eigenvalue weighted by Gasteiger charge is -2.53. The Morgan fingerprint density at radius 3 is 2.57 bits per heavy atom. The summed E-state index contributed by atoms with van der Waals surface area (Å²) in [6.45, 7) is 6.46.